The van der Waals surface area contributed by atoms with Gasteiger partial charge >= 0.3 is 0 Å². The topological polar surface area (TPSA) is 35.2 Å². The molecule has 0 aromatic heterocycles. The molecule has 1 aliphatic carbocycles. The highest BCUT2D eigenvalue weighted by atomic mass is 16.5. The van der Waals surface area contributed by atoms with E-state index >= 15 is 0 Å². The van der Waals surface area contributed by atoms with Crippen molar-refractivity contribution < 1.29 is 4.74 Å². The Morgan fingerprint density at radius 3 is 2.59 bits per heavy atom. The van der Waals surface area contributed by atoms with Crippen LogP contribution in [0.3, 0.4) is 0 Å². The molecular weight excluding hydrogens is 210 g/mol. The Kier molecular flexibility index (Phi) is 4.21. The molecule has 2 N–H and O–H groups in total. The van der Waals surface area contributed by atoms with Crippen LogP contribution in [0.2, 0.25) is 0 Å². The summed E-state index contributed by atoms with van der Waals surface area (Å²) in [7, 11) is 0. The van der Waals surface area contributed by atoms with Crippen LogP contribution in [0.1, 0.15) is 25.3 Å². The largest absolute Gasteiger partial charge is 0.493 e. The van der Waals surface area contributed by atoms with E-state index < -0.39 is 0 Å². The summed E-state index contributed by atoms with van der Waals surface area (Å²) >= 11 is 0. The Bertz CT molecular complexity index is 376. The predicted octanol–water partition coefficient (Wildman–Crippen LogP) is 2.92. The van der Waals surface area contributed by atoms with E-state index in [-0.39, 0.29) is 0 Å². The van der Waals surface area contributed by atoms with Crippen LogP contribution in [0, 0.1) is 5.92 Å². The van der Waals surface area contributed by atoms with Crippen molar-refractivity contribution in [2.75, 3.05) is 13.2 Å². The average molecular weight is 231 g/mol. The zero-order valence-corrected chi connectivity index (χ0v) is 10.5. The minimum Gasteiger partial charge on any atom is -0.493 e. The summed E-state index contributed by atoms with van der Waals surface area (Å²) in [5.41, 5.74) is 8.22. The number of hydrogen-bond acceptors (Lipinski definition) is 2. The number of nitrogens with two attached hydrogens (primary N) is 1. The number of benzene rings is 1. The molecule has 0 unspecified atom stereocenters. The molecule has 0 bridgehead atoms. The smallest absolute Gasteiger partial charge is 0.119 e. The second-order valence-electron chi connectivity index (χ2n) is 4.73. The fourth-order valence-electron chi connectivity index (χ4n) is 1.76. The quantitative estimate of drug-likeness (QED) is 0.764. The van der Waals surface area contributed by atoms with Gasteiger partial charge in [-0.25, -0.2) is 0 Å². The third-order valence-corrected chi connectivity index (χ3v) is 3.21. The van der Waals surface area contributed by atoms with Gasteiger partial charge in [-0.05, 0) is 49.8 Å². The molecule has 1 saturated carbocycles. The highest BCUT2D eigenvalue weighted by Gasteiger charge is 2.21. The van der Waals surface area contributed by atoms with Crippen LogP contribution >= 0.6 is 0 Å². The van der Waals surface area contributed by atoms with Gasteiger partial charge in [-0.3, -0.25) is 0 Å². The molecule has 0 heterocycles. The maximum atomic E-state index is 5.70. The van der Waals surface area contributed by atoms with Crippen LogP contribution in [0.4, 0.5) is 0 Å². The van der Waals surface area contributed by atoms with Gasteiger partial charge in [0.05, 0.1) is 6.61 Å². The van der Waals surface area contributed by atoms with Gasteiger partial charge in [0.2, 0.25) is 0 Å². The third kappa shape index (κ3) is 3.90. The standard InChI is InChI=1S/C15H21NO/c1-2-12(10-16)9-13-5-7-15(8-6-13)17-11-14-3-4-14/h2,5-8,14H,3-4,9-11,16H2,1H3/b12-2-. The van der Waals surface area contributed by atoms with E-state index in [4.69, 9.17) is 10.5 Å². The second-order valence-corrected chi connectivity index (χ2v) is 4.73. The molecule has 0 aliphatic heterocycles. The number of hydrogen-bond donors (Lipinski definition) is 1. The first-order chi connectivity index (χ1) is 8.31. The van der Waals surface area contributed by atoms with Gasteiger partial charge in [-0.2, -0.15) is 0 Å². The van der Waals surface area contributed by atoms with E-state index in [0.29, 0.717) is 6.54 Å². The maximum absolute atomic E-state index is 5.70. The van der Waals surface area contributed by atoms with Crippen molar-refractivity contribution in [2.24, 2.45) is 11.7 Å². The summed E-state index contributed by atoms with van der Waals surface area (Å²) in [6, 6.07) is 8.37. The van der Waals surface area contributed by atoms with E-state index in [1.165, 1.54) is 24.0 Å². The average Bonchev–Trinajstić information content (AvgIpc) is 3.19. The molecule has 0 atom stereocenters. The second kappa shape index (κ2) is 5.87. The summed E-state index contributed by atoms with van der Waals surface area (Å²) in [5, 5.41) is 0. The molecule has 17 heavy (non-hydrogen) atoms. The first-order valence-electron chi connectivity index (χ1n) is 6.37. The van der Waals surface area contributed by atoms with E-state index in [1.807, 2.05) is 6.92 Å². The van der Waals surface area contributed by atoms with Crippen LogP contribution < -0.4 is 10.5 Å². The third-order valence-electron chi connectivity index (χ3n) is 3.21. The van der Waals surface area contributed by atoms with Crippen molar-refractivity contribution in [3.8, 4) is 5.75 Å². The van der Waals surface area contributed by atoms with Gasteiger partial charge in [0, 0.05) is 6.54 Å². The van der Waals surface area contributed by atoms with Crippen molar-refractivity contribution in [3.05, 3.63) is 41.5 Å². The van der Waals surface area contributed by atoms with Crippen molar-refractivity contribution in [2.45, 2.75) is 26.2 Å². The molecular formula is C15H21NO. The monoisotopic (exact) mass is 231 g/mol. The van der Waals surface area contributed by atoms with Gasteiger partial charge in [0.15, 0.2) is 0 Å². The summed E-state index contributed by atoms with van der Waals surface area (Å²) in [6.07, 6.45) is 5.70. The fraction of sp³-hybridized carbons (Fsp3) is 0.467. The first-order valence-corrected chi connectivity index (χ1v) is 6.37. The van der Waals surface area contributed by atoms with E-state index in [0.717, 1.165) is 24.7 Å². The molecule has 2 heteroatoms. The summed E-state index contributed by atoms with van der Waals surface area (Å²) < 4.78 is 5.70. The highest BCUT2D eigenvalue weighted by molar-refractivity contribution is 5.30. The zero-order chi connectivity index (χ0) is 12.1. The summed E-state index contributed by atoms with van der Waals surface area (Å²) in [6.45, 7) is 3.55. The van der Waals surface area contributed by atoms with Crippen molar-refractivity contribution >= 4 is 0 Å². The van der Waals surface area contributed by atoms with Crippen molar-refractivity contribution in [1.29, 1.82) is 0 Å². The number of ether oxygens (including phenoxy) is 1. The molecule has 2 rings (SSSR count). The molecule has 0 radical (unpaired) electrons. The van der Waals surface area contributed by atoms with Crippen molar-refractivity contribution in [1.82, 2.24) is 0 Å². The lowest BCUT2D eigenvalue weighted by molar-refractivity contribution is 0.299. The summed E-state index contributed by atoms with van der Waals surface area (Å²) in [5.74, 6) is 1.79. The Morgan fingerprint density at radius 2 is 2.06 bits per heavy atom. The van der Waals surface area contributed by atoms with Crippen LogP contribution in [0.25, 0.3) is 0 Å². The van der Waals surface area contributed by atoms with Gasteiger partial charge in [-0.1, -0.05) is 23.8 Å². The molecule has 1 aliphatic rings. The molecule has 1 aromatic carbocycles. The molecule has 0 spiro atoms. The van der Waals surface area contributed by atoms with Crippen molar-refractivity contribution in [3.63, 3.8) is 0 Å². The number of rotatable bonds is 6. The summed E-state index contributed by atoms with van der Waals surface area (Å²) in [4.78, 5) is 0. The number of allylic oxidation sites excluding steroid dienone is 1. The first kappa shape index (κ1) is 12.2. The lowest BCUT2D eigenvalue weighted by Crippen LogP contribution is -2.05. The van der Waals surface area contributed by atoms with Gasteiger partial charge in [0.25, 0.3) is 0 Å². The van der Waals surface area contributed by atoms with Crippen LogP contribution in [0.15, 0.2) is 35.9 Å². The van der Waals surface area contributed by atoms with E-state index in [1.54, 1.807) is 0 Å². The SMILES string of the molecule is C/C=C(\CN)Cc1ccc(OCC2CC2)cc1. The van der Waals surface area contributed by atoms with E-state index in [2.05, 4.69) is 30.3 Å². The lowest BCUT2D eigenvalue weighted by atomic mass is 10.1. The fourth-order valence-corrected chi connectivity index (χ4v) is 1.76. The van der Waals surface area contributed by atoms with Gasteiger partial charge in [-0.15, -0.1) is 0 Å². The molecule has 1 aromatic rings. The maximum Gasteiger partial charge on any atom is 0.119 e. The highest BCUT2D eigenvalue weighted by Crippen LogP contribution is 2.29. The predicted molar refractivity (Wildman–Crippen MR) is 71.2 cm³/mol. The molecule has 92 valence electrons. The Morgan fingerprint density at radius 1 is 1.35 bits per heavy atom. The molecule has 2 nitrogen and oxygen atoms in total. The van der Waals surface area contributed by atoms with Gasteiger partial charge < -0.3 is 10.5 Å². The minimum absolute atomic E-state index is 0.635. The normalized spacial score (nSPS) is 16.0. The van der Waals surface area contributed by atoms with Crippen LogP contribution in [-0.2, 0) is 6.42 Å². The molecule has 0 amide bonds. The minimum atomic E-state index is 0.635. The Hall–Kier alpha value is -1.28. The Balaban J connectivity index is 1.87. The zero-order valence-electron chi connectivity index (χ0n) is 10.5. The Labute approximate surface area is 103 Å². The molecule has 1 fully saturated rings. The van der Waals surface area contributed by atoms with Crippen LogP contribution in [0.5, 0.6) is 5.75 Å². The molecule has 0 saturated heterocycles. The lowest BCUT2D eigenvalue weighted by Gasteiger charge is -2.07. The van der Waals surface area contributed by atoms with Crippen LogP contribution in [-0.4, -0.2) is 13.2 Å². The van der Waals surface area contributed by atoms with Gasteiger partial charge in [0.1, 0.15) is 5.75 Å². The van der Waals surface area contributed by atoms with E-state index in [9.17, 15) is 0 Å².